The van der Waals surface area contributed by atoms with Crippen molar-refractivity contribution in [1.82, 2.24) is 35.1 Å². The monoisotopic (exact) mass is 791 g/mol. The number of nitrogens with one attached hydrogen (secondary N) is 3. The average Bonchev–Trinajstić information content (AvgIpc) is 3.61. The van der Waals surface area contributed by atoms with Gasteiger partial charge in [-0.2, -0.15) is 13.2 Å². The normalized spacial score (nSPS) is 19.5. The highest BCUT2D eigenvalue weighted by Gasteiger charge is 2.49. The first kappa shape index (κ1) is 39.8. The molecule has 0 aliphatic carbocycles. The zero-order valence-electron chi connectivity index (χ0n) is 31.2. The Labute approximate surface area is 326 Å². The number of aromatic nitrogens is 4. The van der Waals surface area contributed by atoms with Crippen LogP contribution in [0.1, 0.15) is 28.9 Å². The number of hydrogen-bond donors (Lipinski definition) is 4. The summed E-state index contributed by atoms with van der Waals surface area (Å²) in [7, 11) is 0. The quantitative estimate of drug-likeness (QED) is 0.172. The second kappa shape index (κ2) is 17.0. The van der Waals surface area contributed by atoms with Gasteiger partial charge in [0, 0.05) is 80.4 Å². The zero-order valence-corrected chi connectivity index (χ0v) is 31.2. The predicted molar refractivity (Wildman–Crippen MR) is 204 cm³/mol. The number of aliphatic carboxylic acids is 1. The van der Waals surface area contributed by atoms with Gasteiger partial charge in [-0.25, -0.2) is 14.8 Å². The van der Waals surface area contributed by atoms with Crippen molar-refractivity contribution in [3.8, 4) is 11.3 Å². The third-order valence-electron chi connectivity index (χ3n) is 10.4. The van der Waals surface area contributed by atoms with E-state index in [0.29, 0.717) is 48.7 Å². The number of benzene rings is 1. The van der Waals surface area contributed by atoms with Crippen LogP contribution in [-0.4, -0.2) is 137 Å². The van der Waals surface area contributed by atoms with E-state index in [1.807, 2.05) is 36.4 Å². The van der Waals surface area contributed by atoms with Crippen molar-refractivity contribution >= 4 is 40.3 Å². The van der Waals surface area contributed by atoms with Gasteiger partial charge in [0.05, 0.1) is 31.8 Å². The second-order valence-corrected chi connectivity index (χ2v) is 14.9. The maximum Gasteiger partial charge on any atom is 0.490 e. The Balaban J connectivity index is 0.000000651. The van der Waals surface area contributed by atoms with Crippen LogP contribution >= 0.6 is 0 Å². The number of piperidine rings is 1. The number of hydrogen-bond acceptors (Lipinski definition) is 11. The average molecular weight is 792 g/mol. The number of morpholine rings is 1. The van der Waals surface area contributed by atoms with Crippen LogP contribution < -0.4 is 15.5 Å². The number of amides is 2. The van der Waals surface area contributed by atoms with Gasteiger partial charge < -0.3 is 35.1 Å². The van der Waals surface area contributed by atoms with Gasteiger partial charge in [-0.15, -0.1) is 0 Å². The standard InChI is InChI=1S/C37H43N9O4.C2HF3O2/c1-25(17-45-20-37(21-45)22-50-23-37)35(47)42-29-3-2-10-44(19-29)18-26-8-9-38-32(15-26)36(48)41-28-6-4-27(5-7-28)31-16-30-33(43-31)39-24-40-34(30)46-11-13-49-14-12-46;3-2(4,5)1(6)7/h4-9,15-16,24,29H,1-3,10-14,17-23H2,(H,41,48)(H,42,47)(H,39,40,43);(H,6,7)/t29-;/m1./s1. The van der Waals surface area contributed by atoms with Gasteiger partial charge in [-0.3, -0.25) is 24.4 Å². The van der Waals surface area contributed by atoms with E-state index in [1.165, 1.54) is 0 Å². The largest absolute Gasteiger partial charge is 0.490 e. The minimum atomic E-state index is -5.08. The zero-order chi connectivity index (χ0) is 40.2. The van der Waals surface area contributed by atoms with Crippen LogP contribution in [0.15, 0.2) is 67.1 Å². The van der Waals surface area contributed by atoms with Crippen LogP contribution in [0.25, 0.3) is 22.3 Å². The van der Waals surface area contributed by atoms with Crippen molar-refractivity contribution < 1.29 is 42.1 Å². The Morgan fingerprint density at radius 2 is 1.72 bits per heavy atom. The Kier molecular flexibility index (Phi) is 11.8. The highest BCUT2D eigenvalue weighted by atomic mass is 19.4. The molecule has 1 atom stereocenters. The molecule has 4 aromatic rings. The molecule has 57 heavy (non-hydrogen) atoms. The molecule has 2 amide bonds. The van der Waals surface area contributed by atoms with Crippen molar-refractivity contribution in [3.63, 3.8) is 0 Å². The van der Waals surface area contributed by atoms with Crippen LogP contribution in [0, 0.1) is 5.41 Å². The van der Waals surface area contributed by atoms with Gasteiger partial charge in [0.15, 0.2) is 0 Å². The molecule has 0 saturated carbocycles. The molecule has 4 saturated heterocycles. The smallest absolute Gasteiger partial charge is 0.475 e. The topological polar surface area (TPSA) is 178 Å². The molecule has 0 unspecified atom stereocenters. The first-order valence-corrected chi connectivity index (χ1v) is 18.7. The van der Waals surface area contributed by atoms with E-state index in [0.717, 1.165) is 99.0 Å². The summed E-state index contributed by atoms with van der Waals surface area (Å²) in [6, 6.07) is 13.6. The minimum absolute atomic E-state index is 0.0625. The fraction of sp³-hybridized carbons (Fsp3) is 0.436. The van der Waals surface area contributed by atoms with Crippen LogP contribution in [0.4, 0.5) is 24.7 Å². The molecule has 1 spiro atoms. The summed E-state index contributed by atoms with van der Waals surface area (Å²) in [4.78, 5) is 58.6. The highest BCUT2D eigenvalue weighted by Crippen LogP contribution is 2.37. The highest BCUT2D eigenvalue weighted by molar-refractivity contribution is 6.03. The summed E-state index contributed by atoms with van der Waals surface area (Å²) in [5.74, 6) is -2.18. The molecule has 18 heteroatoms. The van der Waals surface area contributed by atoms with Crippen molar-refractivity contribution in [1.29, 1.82) is 0 Å². The number of ether oxygens (including phenoxy) is 2. The van der Waals surface area contributed by atoms with Gasteiger partial charge in [0.1, 0.15) is 23.5 Å². The molecule has 4 N–H and O–H groups in total. The lowest BCUT2D eigenvalue weighted by atomic mass is 9.78. The van der Waals surface area contributed by atoms with Crippen LogP contribution in [0.5, 0.6) is 0 Å². The van der Waals surface area contributed by atoms with Gasteiger partial charge in [0.2, 0.25) is 5.91 Å². The molecule has 4 aliphatic rings. The van der Waals surface area contributed by atoms with Gasteiger partial charge in [-0.05, 0) is 60.8 Å². The molecule has 4 fully saturated rings. The Bertz CT molecular complexity index is 2090. The van der Waals surface area contributed by atoms with Gasteiger partial charge in [0.25, 0.3) is 5.91 Å². The van der Waals surface area contributed by atoms with Crippen LogP contribution in [-0.2, 0) is 25.6 Å². The van der Waals surface area contributed by atoms with E-state index < -0.39 is 12.1 Å². The molecule has 1 aromatic carbocycles. The molecule has 7 heterocycles. The number of rotatable bonds is 10. The van der Waals surface area contributed by atoms with E-state index in [2.05, 4.69) is 57.9 Å². The van der Waals surface area contributed by atoms with E-state index in [1.54, 1.807) is 12.5 Å². The number of carbonyl (C=O) groups excluding carboxylic acids is 2. The van der Waals surface area contributed by atoms with Crippen LogP contribution in [0.2, 0.25) is 0 Å². The SMILES string of the molecule is C=C(CN1CC2(COC2)C1)C(=O)N[C@@H]1CCCN(Cc2ccnc(C(=O)Nc3ccc(-c4cc5c(N6CCOCC6)ncnc5[nH]4)cc3)c2)C1.O=C(O)C(F)(F)F. The predicted octanol–water partition coefficient (Wildman–Crippen LogP) is 3.71. The molecule has 15 nitrogen and oxygen atoms in total. The maximum atomic E-state index is 13.2. The van der Waals surface area contributed by atoms with E-state index in [4.69, 9.17) is 19.4 Å². The number of carboxylic acids is 1. The molecule has 8 rings (SSSR count). The summed E-state index contributed by atoms with van der Waals surface area (Å²) in [5, 5.41) is 14.3. The number of alkyl halides is 3. The van der Waals surface area contributed by atoms with E-state index >= 15 is 0 Å². The number of H-pyrrole nitrogens is 1. The lowest BCUT2D eigenvalue weighted by molar-refractivity contribution is -0.192. The number of carboxylic acid groups (broad SMARTS) is 1. The molecule has 0 bridgehead atoms. The lowest BCUT2D eigenvalue weighted by Gasteiger charge is -2.55. The maximum absolute atomic E-state index is 13.2. The summed E-state index contributed by atoms with van der Waals surface area (Å²) in [5.41, 5.74) is 5.66. The fourth-order valence-corrected chi connectivity index (χ4v) is 7.53. The summed E-state index contributed by atoms with van der Waals surface area (Å²) in [6.45, 7) is 13.6. The van der Waals surface area contributed by atoms with Crippen molar-refractivity contribution in [2.24, 2.45) is 5.41 Å². The number of anilines is 2. The fourth-order valence-electron chi connectivity index (χ4n) is 7.53. The minimum Gasteiger partial charge on any atom is -0.475 e. The van der Waals surface area contributed by atoms with Crippen molar-refractivity contribution in [3.05, 3.63) is 78.4 Å². The number of aromatic amines is 1. The molecular formula is C39H44F3N9O6. The number of carbonyl (C=O) groups is 3. The molecule has 4 aliphatic heterocycles. The Hall–Kier alpha value is -5.43. The van der Waals surface area contributed by atoms with Crippen molar-refractivity contribution in [2.75, 3.05) is 82.5 Å². The summed E-state index contributed by atoms with van der Waals surface area (Å²) in [6.07, 6.45) is 0.111. The first-order chi connectivity index (χ1) is 27.3. The van der Waals surface area contributed by atoms with E-state index in [9.17, 15) is 22.8 Å². The van der Waals surface area contributed by atoms with E-state index in [-0.39, 0.29) is 17.9 Å². The first-order valence-electron chi connectivity index (χ1n) is 18.7. The van der Waals surface area contributed by atoms with Crippen molar-refractivity contribution in [2.45, 2.75) is 31.6 Å². The van der Waals surface area contributed by atoms with Gasteiger partial charge in [-0.1, -0.05) is 18.7 Å². The molecule has 302 valence electrons. The van der Waals surface area contributed by atoms with Gasteiger partial charge >= 0.3 is 12.1 Å². The lowest BCUT2D eigenvalue weighted by Crippen LogP contribution is -2.66. The molecular weight excluding hydrogens is 747 g/mol. The number of nitrogens with zero attached hydrogens (tertiary/aromatic N) is 6. The Morgan fingerprint density at radius 3 is 2.40 bits per heavy atom. The molecule has 0 radical (unpaired) electrons. The number of pyridine rings is 1. The number of halogens is 3. The third kappa shape index (κ3) is 9.76. The summed E-state index contributed by atoms with van der Waals surface area (Å²) < 4.78 is 42.6. The Morgan fingerprint density at radius 1 is 0.982 bits per heavy atom. The second-order valence-electron chi connectivity index (χ2n) is 14.9. The number of fused-ring (bicyclic) bond motifs is 1. The third-order valence-corrected chi connectivity index (χ3v) is 10.4. The van der Waals surface area contributed by atoms with Crippen LogP contribution in [0.3, 0.4) is 0 Å². The number of likely N-dealkylation sites (tertiary alicyclic amines) is 2. The molecule has 3 aromatic heterocycles. The summed E-state index contributed by atoms with van der Waals surface area (Å²) >= 11 is 0.